The molecule has 1 aromatic heterocycles. The number of nitrogens with one attached hydrogen (secondary N) is 1. The van der Waals surface area contributed by atoms with Gasteiger partial charge in [0.15, 0.2) is 0 Å². The lowest BCUT2D eigenvalue weighted by molar-refractivity contribution is 0.0488. The molecule has 1 aromatic rings. The highest BCUT2D eigenvalue weighted by Crippen LogP contribution is 2.18. The van der Waals surface area contributed by atoms with Crippen molar-refractivity contribution in [2.24, 2.45) is 0 Å². The summed E-state index contributed by atoms with van der Waals surface area (Å²) in [7, 11) is 1.15. The van der Waals surface area contributed by atoms with Gasteiger partial charge in [-0.05, 0) is 13.8 Å². The predicted molar refractivity (Wildman–Crippen MR) is 64.0 cm³/mol. The molecular formula is C12H15NO6. The molecule has 0 saturated heterocycles. The standard InChI is InChI=1S/C12H15NO6/c1-4-18-10(14)7-6-13-9(12(16)19-5-2)8(7)11(15)17-3/h6,13H,4-5H2,1-3H3. The van der Waals surface area contributed by atoms with E-state index < -0.39 is 17.9 Å². The zero-order chi connectivity index (χ0) is 14.4. The summed E-state index contributed by atoms with van der Waals surface area (Å²) in [5.74, 6) is -2.26. The van der Waals surface area contributed by atoms with E-state index >= 15 is 0 Å². The molecule has 0 aliphatic carbocycles. The van der Waals surface area contributed by atoms with E-state index in [1.807, 2.05) is 0 Å². The molecular weight excluding hydrogens is 254 g/mol. The molecule has 0 radical (unpaired) electrons. The van der Waals surface area contributed by atoms with Gasteiger partial charge in [-0.25, -0.2) is 14.4 Å². The van der Waals surface area contributed by atoms with Crippen molar-refractivity contribution in [2.75, 3.05) is 20.3 Å². The van der Waals surface area contributed by atoms with Crippen molar-refractivity contribution >= 4 is 17.9 Å². The second kappa shape index (κ2) is 6.58. The summed E-state index contributed by atoms with van der Waals surface area (Å²) in [6.07, 6.45) is 1.22. The first-order valence-electron chi connectivity index (χ1n) is 5.70. The van der Waals surface area contributed by atoms with E-state index in [0.717, 1.165) is 7.11 Å². The molecule has 0 atom stereocenters. The first-order chi connectivity index (χ1) is 9.06. The van der Waals surface area contributed by atoms with E-state index in [2.05, 4.69) is 9.72 Å². The number of H-pyrrole nitrogens is 1. The van der Waals surface area contributed by atoms with Crippen molar-refractivity contribution in [1.82, 2.24) is 4.98 Å². The summed E-state index contributed by atoms with van der Waals surface area (Å²) in [6, 6.07) is 0. The molecule has 1 rings (SSSR count). The summed E-state index contributed by atoms with van der Waals surface area (Å²) in [6.45, 7) is 3.56. The monoisotopic (exact) mass is 269 g/mol. The van der Waals surface area contributed by atoms with Crippen LogP contribution in [0.1, 0.15) is 45.1 Å². The van der Waals surface area contributed by atoms with E-state index in [0.29, 0.717) is 0 Å². The average molecular weight is 269 g/mol. The van der Waals surface area contributed by atoms with E-state index in [4.69, 9.17) is 9.47 Å². The Labute approximate surface area is 109 Å². The molecule has 0 amide bonds. The maximum Gasteiger partial charge on any atom is 0.355 e. The van der Waals surface area contributed by atoms with Crippen LogP contribution in [-0.2, 0) is 14.2 Å². The molecule has 0 fully saturated rings. The number of rotatable bonds is 5. The Balaban J connectivity index is 3.23. The third kappa shape index (κ3) is 3.12. The minimum Gasteiger partial charge on any atom is -0.465 e. The van der Waals surface area contributed by atoms with Crippen LogP contribution >= 0.6 is 0 Å². The van der Waals surface area contributed by atoms with Gasteiger partial charge in [0.25, 0.3) is 0 Å². The maximum absolute atomic E-state index is 11.7. The van der Waals surface area contributed by atoms with Crippen LogP contribution in [0.15, 0.2) is 6.20 Å². The largest absolute Gasteiger partial charge is 0.465 e. The Bertz CT molecular complexity index is 455. The van der Waals surface area contributed by atoms with Gasteiger partial charge in [0.2, 0.25) is 0 Å². The second-order valence-electron chi connectivity index (χ2n) is 3.38. The Morgan fingerprint density at radius 3 is 2.16 bits per heavy atom. The summed E-state index contributed by atoms with van der Waals surface area (Å²) < 4.78 is 14.1. The molecule has 0 aliphatic rings. The number of carbonyl (C=O) groups excluding carboxylic acids is 3. The molecule has 0 aromatic carbocycles. The lowest BCUT2D eigenvalue weighted by atomic mass is 10.1. The highest BCUT2D eigenvalue weighted by atomic mass is 16.5. The van der Waals surface area contributed by atoms with Crippen LogP contribution in [0.3, 0.4) is 0 Å². The topological polar surface area (TPSA) is 94.7 Å². The van der Waals surface area contributed by atoms with Gasteiger partial charge in [-0.2, -0.15) is 0 Å². The smallest absolute Gasteiger partial charge is 0.355 e. The van der Waals surface area contributed by atoms with Crippen LogP contribution in [0.4, 0.5) is 0 Å². The molecule has 0 aliphatic heterocycles. The molecule has 0 saturated carbocycles. The minimum atomic E-state index is -0.813. The van der Waals surface area contributed by atoms with E-state index in [1.165, 1.54) is 6.20 Å². The molecule has 19 heavy (non-hydrogen) atoms. The van der Waals surface area contributed by atoms with Gasteiger partial charge in [0.05, 0.1) is 25.9 Å². The van der Waals surface area contributed by atoms with Gasteiger partial charge in [-0.3, -0.25) is 0 Å². The number of carbonyl (C=O) groups is 3. The van der Waals surface area contributed by atoms with Crippen LogP contribution < -0.4 is 0 Å². The van der Waals surface area contributed by atoms with Crippen molar-refractivity contribution in [3.05, 3.63) is 23.0 Å². The summed E-state index contributed by atoms with van der Waals surface area (Å²) in [4.78, 5) is 37.6. The van der Waals surface area contributed by atoms with E-state index in [-0.39, 0.29) is 30.0 Å². The Morgan fingerprint density at radius 1 is 1.05 bits per heavy atom. The number of methoxy groups -OCH3 is 1. The Morgan fingerprint density at radius 2 is 1.63 bits per heavy atom. The van der Waals surface area contributed by atoms with Crippen LogP contribution in [0.25, 0.3) is 0 Å². The number of aromatic amines is 1. The third-order valence-electron chi connectivity index (χ3n) is 2.24. The van der Waals surface area contributed by atoms with E-state index in [9.17, 15) is 14.4 Å². The fourth-order valence-electron chi connectivity index (χ4n) is 1.47. The van der Waals surface area contributed by atoms with Crippen molar-refractivity contribution in [2.45, 2.75) is 13.8 Å². The number of ether oxygens (including phenoxy) is 3. The van der Waals surface area contributed by atoms with Crippen LogP contribution in [-0.4, -0.2) is 43.2 Å². The van der Waals surface area contributed by atoms with Crippen molar-refractivity contribution < 1.29 is 28.6 Å². The van der Waals surface area contributed by atoms with Gasteiger partial charge in [0.1, 0.15) is 11.3 Å². The molecule has 7 heteroatoms. The average Bonchev–Trinajstić information content (AvgIpc) is 2.83. The highest BCUT2D eigenvalue weighted by Gasteiger charge is 2.28. The molecule has 1 heterocycles. The molecule has 7 nitrogen and oxygen atoms in total. The van der Waals surface area contributed by atoms with Crippen LogP contribution in [0.2, 0.25) is 0 Å². The fourth-order valence-corrected chi connectivity index (χ4v) is 1.47. The molecule has 104 valence electrons. The van der Waals surface area contributed by atoms with Gasteiger partial charge in [0, 0.05) is 6.20 Å². The zero-order valence-electron chi connectivity index (χ0n) is 10.9. The maximum atomic E-state index is 11.7. The van der Waals surface area contributed by atoms with Crippen LogP contribution in [0.5, 0.6) is 0 Å². The summed E-state index contributed by atoms with van der Waals surface area (Å²) in [5.41, 5.74) is -0.368. The van der Waals surface area contributed by atoms with Crippen LogP contribution in [0, 0.1) is 0 Å². The normalized spacial score (nSPS) is 9.84. The lowest BCUT2D eigenvalue weighted by Gasteiger charge is -2.05. The lowest BCUT2D eigenvalue weighted by Crippen LogP contribution is -2.16. The number of esters is 3. The molecule has 0 unspecified atom stereocenters. The van der Waals surface area contributed by atoms with E-state index in [1.54, 1.807) is 13.8 Å². The number of aromatic nitrogens is 1. The van der Waals surface area contributed by atoms with Gasteiger partial charge >= 0.3 is 17.9 Å². The van der Waals surface area contributed by atoms with Gasteiger partial charge in [-0.1, -0.05) is 0 Å². The fraction of sp³-hybridized carbons (Fsp3) is 0.417. The first-order valence-corrected chi connectivity index (χ1v) is 5.70. The van der Waals surface area contributed by atoms with Crippen molar-refractivity contribution in [3.8, 4) is 0 Å². The predicted octanol–water partition coefficient (Wildman–Crippen LogP) is 1.15. The Hall–Kier alpha value is -2.31. The quantitative estimate of drug-likeness (QED) is 0.636. The molecule has 1 N–H and O–H groups in total. The number of hydrogen-bond donors (Lipinski definition) is 1. The Kier molecular flexibility index (Phi) is 5.11. The van der Waals surface area contributed by atoms with Gasteiger partial charge in [-0.15, -0.1) is 0 Å². The second-order valence-corrected chi connectivity index (χ2v) is 3.38. The minimum absolute atomic E-state index is 0.0586. The summed E-state index contributed by atoms with van der Waals surface area (Å²) in [5, 5.41) is 0. The van der Waals surface area contributed by atoms with Crippen molar-refractivity contribution in [3.63, 3.8) is 0 Å². The zero-order valence-corrected chi connectivity index (χ0v) is 10.9. The number of hydrogen-bond acceptors (Lipinski definition) is 6. The molecule has 0 spiro atoms. The highest BCUT2D eigenvalue weighted by molar-refractivity contribution is 6.09. The van der Waals surface area contributed by atoms with Crippen molar-refractivity contribution in [1.29, 1.82) is 0 Å². The summed E-state index contributed by atoms with van der Waals surface area (Å²) >= 11 is 0. The first kappa shape index (κ1) is 14.7. The third-order valence-corrected chi connectivity index (χ3v) is 2.24. The molecule has 0 bridgehead atoms. The SMILES string of the molecule is CCOC(=O)c1c[nH]c(C(=O)OCC)c1C(=O)OC. The van der Waals surface area contributed by atoms with Gasteiger partial charge < -0.3 is 19.2 Å².